The molecule has 1 aliphatic heterocycles. The monoisotopic (exact) mass is 386 g/mol. The van der Waals surface area contributed by atoms with E-state index in [9.17, 15) is 13.2 Å². The molecule has 25 heavy (non-hydrogen) atoms. The number of hydrogen-bond acceptors (Lipinski definition) is 4. The molecule has 1 aromatic carbocycles. The van der Waals surface area contributed by atoms with Crippen molar-refractivity contribution in [1.82, 2.24) is 9.62 Å². The number of sulfonamides is 1. The van der Waals surface area contributed by atoms with Crippen molar-refractivity contribution >= 4 is 27.5 Å². The van der Waals surface area contributed by atoms with E-state index in [4.69, 9.17) is 16.3 Å². The van der Waals surface area contributed by atoms with Crippen LogP contribution in [0.4, 0.5) is 0 Å². The van der Waals surface area contributed by atoms with E-state index >= 15 is 0 Å². The SMILES string of the molecule is O=C(NC1CCCCC1)c1ccc(Cl)c(S(=O)(=O)N2CCOCC2)c1. The average Bonchev–Trinajstić information content (AvgIpc) is 2.63. The predicted molar refractivity (Wildman–Crippen MR) is 95.4 cm³/mol. The minimum absolute atomic E-state index is 0.0210. The third kappa shape index (κ3) is 4.34. The standard InChI is InChI=1S/C17H23ClN2O4S/c18-15-7-6-13(17(21)19-14-4-2-1-3-5-14)12-16(15)25(22,23)20-8-10-24-11-9-20/h6-7,12,14H,1-5,8-11H2,(H,19,21). The van der Waals surface area contributed by atoms with E-state index in [-0.39, 0.29) is 35.0 Å². The van der Waals surface area contributed by atoms with Gasteiger partial charge in [-0.25, -0.2) is 8.42 Å². The maximum Gasteiger partial charge on any atom is 0.251 e. The molecule has 6 nitrogen and oxygen atoms in total. The smallest absolute Gasteiger partial charge is 0.251 e. The van der Waals surface area contributed by atoms with Gasteiger partial charge >= 0.3 is 0 Å². The molecule has 0 radical (unpaired) electrons. The molecule has 1 N–H and O–H groups in total. The van der Waals surface area contributed by atoms with E-state index in [0.29, 0.717) is 18.8 Å². The van der Waals surface area contributed by atoms with E-state index < -0.39 is 10.0 Å². The number of halogens is 1. The van der Waals surface area contributed by atoms with Crippen molar-refractivity contribution in [3.05, 3.63) is 28.8 Å². The lowest BCUT2D eigenvalue weighted by molar-refractivity contribution is 0.0730. The zero-order valence-corrected chi connectivity index (χ0v) is 15.6. The summed E-state index contributed by atoms with van der Waals surface area (Å²) >= 11 is 6.13. The van der Waals surface area contributed by atoms with Crippen molar-refractivity contribution in [2.75, 3.05) is 26.3 Å². The van der Waals surface area contributed by atoms with Crippen LogP contribution in [0.5, 0.6) is 0 Å². The van der Waals surface area contributed by atoms with Crippen LogP contribution in [0, 0.1) is 0 Å². The molecule has 2 aliphatic rings. The third-order valence-electron chi connectivity index (χ3n) is 4.72. The number of rotatable bonds is 4. The minimum atomic E-state index is -3.74. The average molecular weight is 387 g/mol. The largest absolute Gasteiger partial charge is 0.379 e. The zero-order valence-electron chi connectivity index (χ0n) is 14.0. The first-order chi connectivity index (χ1) is 12.0. The van der Waals surface area contributed by atoms with Gasteiger partial charge in [-0.2, -0.15) is 4.31 Å². The van der Waals surface area contributed by atoms with Gasteiger partial charge in [-0.15, -0.1) is 0 Å². The zero-order chi connectivity index (χ0) is 17.9. The molecule has 1 saturated carbocycles. The lowest BCUT2D eigenvalue weighted by Crippen LogP contribution is -2.41. The fourth-order valence-electron chi connectivity index (χ4n) is 3.28. The van der Waals surface area contributed by atoms with Crippen LogP contribution in [0.3, 0.4) is 0 Å². The molecule has 0 unspecified atom stereocenters. The molecule has 0 atom stereocenters. The number of carbonyl (C=O) groups excluding carboxylic acids is 1. The third-order valence-corrected chi connectivity index (χ3v) is 7.10. The van der Waals surface area contributed by atoms with Crippen molar-refractivity contribution in [3.8, 4) is 0 Å². The summed E-state index contributed by atoms with van der Waals surface area (Å²) in [5, 5.41) is 3.13. The van der Waals surface area contributed by atoms with Crippen LogP contribution < -0.4 is 5.32 Å². The summed E-state index contributed by atoms with van der Waals surface area (Å²) < 4.78 is 32.2. The highest BCUT2D eigenvalue weighted by atomic mass is 35.5. The fraction of sp³-hybridized carbons (Fsp3) is 0.588. The van der Waals surface area contributed by atoms with Crippen molar-refractivity contribution < 1.29 is 17.9 Å². The molecule has 0 bridgehead atoms. The van der Waals surface area contributed by atoms with Crippen LogP contribution in [-0.4, -0.2) is 51.0 Å². The van der Waals surface area contributed by atoms with Crippen molar-refractivity contribution in [2.24, 2.45) is 0 Å². The van der Waals surface area contributed by atoms with Crippen molar-refractivity contribution in [1.29, 1.82) is 0 Å². The Balaban J connectivity index is 1.81. The Morgan fingerprint density at radius 3 is 2.52 bits per heavy atom. The van der Waals surface area contributed by atoms with Crippen molar-refractivity contribution in [3.63, 3.8) is 0 Å². The van der Waals surface area contributed by atoms with Crippen LogP contribution >= 0.6 is 11.6 Å². The second-order valence-corrected chi connectivity index (χ2v) is 8.78. The van der Waals surface area contributed by atoms with E-state index in [1.807, 2.05) is 0 Å². The van der Waals surface area contributed by atoms with Gasteiger partial charge in [-0.3, -0.25) is 4.79 Å². The molecular weight excluding hydrogens is 364 g/mol. The summed E-state index contributed by atoms with van der Waals surface area (Å²) in [5.74, 6) is -0.248. The summed E-state index contributed by atoms with van der Waals surface area (Å²) in [4.78, 5) is 12.5. The molecule has 1 aromatic rings. The molecule has 1 heterocycles. The lowest BCUT2D eigenvalue weighted by Gasteiger charge is -2.26. The maximum atomic E-state index is 12.8. The predicted octanol–water partition coefficient (Wildman–Crippen LogP) is 2.42. The Labute approximate surface area is 153 Å². The first-order valence-electron chi connectivity index (χ1n) is 8.67. The van der Waals surface area contributed by atoms with Gasteiger partial charge in [-0.05, 0) is 31.0 Å². The van der Waals surface area contributed by atoms with E-state index in [1.54, 1.807) is 6.07 Å². The molecule has 1 saturated heterocycles. The van der Waals surface area contributed by atoms with E-state index in [2.05, 4.69) is 5.32 Å². The van der Waals surface area contributed by atoms with Crippen LogP contribution in [0.15, 0.2) is 23.1 Å². The molecule has 0 spiro atoms. The first-order valence-corrected chi connectivity index (χ1v) is 10.5. The Morgan fingerprint density at radius 2 is 1.84 bits per heavy atom. The van der Waals surface area contributed by atoms with Crippen LogP contribution in [-0.2, 0) is 14.8 Å². The number of benzene rings is 1. The lowest BCUT2D eigenvalue weighted by atomic mass is 9.95. The summed E-state index contributed by atoms with van der Waals surface area (Å²) in [6.07, 6.45) is 5.37. The highest BCUT2D eigenvalue weighted by molar-refractivity contribution is 7.89. The van der Waals surface area contributed by atoms with Gasteiger partial charge in [0.2, 0.25) is 10.0 Å². The normalized spacial score (nSPS) is 20.4. The fourth-order valence-corrected chi connectivity index (χ4v) is 5.19. The van der Waals surface area contributed by atoms with Gasteiger partial charge in [0.15, 0.2) is 0 Å². The van der Waals surface area contributed by atoms with Crippen molar-refractivity contribution in [2.45, 2.75) is 43.0 Å². The summed E-state index contributed by atoms with van der Waals surface area (Å²) in [6, 6.07) is 4.59. The molecular formula is C17H23ClN2O4S. The Kier molecular flexibility index (Phi) is 5.99. The Morgan fingerprint density at radius 1 is 1.16 bits per heavy atom. The number of nitrogens with zero attached hydrogens (tertiary/aromatic N) is 1. The molecule has 8 heteroatoms. The Bertz CT molecular complexity index is 726. The molecule has 3 rings (SSSR count). The second-order valence-electron chi connectivity index (χ2n) is 6.47. The quantitative estimate of drug-likeness (QED) is 0.862. The highest BCUT2D eigenvalue weighted by Crippen LogP contribution is 2.27. The van der Waals surface area contributed by atoms with Gasteiger partial charge in [0.05, 0.1) is 18.2 Å². The van der Waals surface area contributed by atoms with E-state index in [0.717, 1.165) is 25.7 Å². The summed E-state index contributed by atoms with van der Waals surface area (Å²) in [5.41, 5.74) is 0.321. The molecule has 0 aromatic heterocycles. The molecule has 138 valence electrons. The number of amides is 1. The van der Waals surface area contributed by atoms with Gasteiger partial charge in [-0.1, -0.05) is 30.9 Å². The van der Waals surface area contributed by atoms with Crippen LogP contribution in [0.25, 0.3) is 0 Å². The van der Waals surface area contributed by atoms with Gasteiger partial charge in [0.25, 0.3) is 5.91 Å². The van der Waals surface area contributed by atoms with Gasteiger partial charge < -0.3 is 10.1 Å². The highest BCUT2D eigenvalue weighted by Gasteiger charge is 2.29. The second kappa shape index (κ2) is 8.03. The molecule has 1 aliphatic carbocycles. The minimum Gasteiger partial charge on any atom is -0.379 e. The number of morpholine rings is 1. The number of hydrogen-bond donors (Lipinski definition) is 1. The maximum absolute atomic E-state index is 12.8. The summed E-state index contributed by atoms with van der Waals surface area (Å²) in [6.45, 7) is 1.30. The first kappa shape index (κ1) is 18.6. The number of ether oxygens (including phenoxy) is 1. The topological polar surface area (TPSA) is 75.7 Å². The van der Waals surface area contributed by atoms with E-state index in [1.165, 1.54) is 22.9 Å². The molecule has 2 fully saturated rings. The Hall–Kier alpha value is -1.15. The number of carbonyl (C=O) groups is 1. The molecule has 1 amide bonds. The van der Waals surface area contributed by atoms with Gasteiger partial charge in [0.1, 0.15) is 4.90 Å². The summed E-state index contributed by atoms with van der Waals surface area (Å²) in [7, 11) is -3.74. The van der Waals surface area contributed by atoms with Crippen LogP contribution in [0.1, 0.15) is 42.5 Å². The van der Waals surface area contributed by atoms with Gasteiger partial charge in [0, 0.05) is 24.7 Å². The number of nitrogens with one attached hydrogen (secondary N) is 1. The van der Waals surface area contributed by atoms with Crippen LogP contribution in [0.2, 0.25) is 5.02 Å².